The fraction of sp³-hybridized carbons (Fsp3) is 0.375. The maximum Gasteiger partial charge on any atom is 0.178 e. The number of benzene rings is 1. The van der Waals surface area contributed by atoms with Gasteiger partial charge in [0.2, 0.25) is 0 Å². The van der Waals surface area contributed by atoms with Crippen LogP contribution >= 0.6 is 11.3 Å². The number of nitrogens with zero attached hydrogens (tertiary/aromatic N) is 4. The number of aliphatic hydroxyl groups is 1. The molecule has 2 aliphatic heterocycles. The maximum atomic E-state index is 13.4. The van der Waals surface area contributed by atoms with Crippen LogP contribution in [-0.2, 0) is 0 Å². The first-order valence-electron chi connectivity index (χ1n) is 10.6. The zero-order valence-electron chi connectivity index (χ0n) is 17.6. The van der Waals surface area contributed by atoms with Crippen molar-refractivity contribution in [1.82, 2.24) is 14.5 Å². The second-order valence-corrected chi connectivity index (χ2v) is 9.53. The van der Waals surface area contributed by atoms with Crippen molar-refractivity contribution in [3.8, 4) is 23.1 Å². The summed E-state index contributed by atoms with van der Waals surface area (Å²) in [6.07, 6.45) is 2.48. The number of rotatable bonds is 5. The zero-order chi connectivity index (χ0) is 21.7. The highest BCUT2D eigenvalue weighted by molar-refractivity contribution is 7.09. The quantitative estimate of drug-likeness (QED) is 0.619. The first kappa shape index (κ1) is 20.1. The average Bonchev–Trinajstić information content (AvgIpc) is 3.51. The van der Waals surface area contributed by atoms with Crippen LogP contribution in [-0.4, -0.2) is 50.1 Å². The third-order valence-electron chi connectivity index (χ3n) is 6.66. The first-order valence-corrected chi connectivity index (χ1v) is 11.5. The van der Waals surface area contributed by atoms with Gasteiger partial charge in [0.25, 0.3) is 0 Å². The van der Waals surface area contributed by atoms with E-state index in [0.717, 1.165) is 47.0 Å². The second-order valence-electron chi connectivity index (χ2n) is 8.47. The molecule has 7 heteroatoms. The van der Waals surface area contributed by atoms with Crippen LogP contribution in [0.4, 0.5) is 0 Å². The van der Waals surface area contributed by atoms with Crippen molar-refractivity contribution >= 4 is 17.1 Å². The van der Waals surface area contributed by atoms with Gasteiger partial charge in [0.05, 0.1) is 40.7 Å². The highest BCUT2D eigenvalue weighted by Crippen LogP contribution is 2.38. The summed E-state index contributed by atoms with van der Waals surface area (Å²) in [5.41, 5.74) is 4.75. The summed E-state index contributed by atoms with van der Waals surface area (Å²) in [5, 5.41) is 22.3. The van der Waals surface area contributed by atoms with Crippen LogP contribution in [0.3, 0.4) is 0 Å². The molecule has 31 heavy (non-hydrogen) atoms. The zero-order valence-corrected chi connectivity index (χ0v) is 18.4. The molecule has 4 heterocycles. The SMILES string of the molecule is Cc1nc(-c2cc(C(=O)CN3C4CCC3[C@@H](O)C4)c(C)n2-c2ccc(C#N)cc2)cs1. The number of aromatic nitrogens is 2. The highest BCUT2D eigenvalue weighted by Gasteiger charge is 2.46. The lowest BCUT2D eigenvalue weighted by Gasteiger charge is -2.21. The molecule has 0 saturated carbocycles. The lowest BCUT2D eigenvalue weighted by atomic mass is 9.98. The van der Waals surface area contributed by atoms with Gasteiger partial charge in [-0.25, -0.2) is 4.98 Å². The van der Waals surface area contributed by atoms with Gasteiger partial charge in [-0.1, -0.05) is 0 Å². The highest BCUT2D eigenvalue weighted by atomic mass is 32.1. The van der Waals surface area contributed by atoms with E-state index in [1.807, 2.05) is 37.4 Å². The number of hydrogen-bond donors (Lipinski definition) is 1. The molecule has 1 N–H and O–H groups in total. The van der Waals surface area contributed by atoms with E-state index >= 15 is 0 Å². The van der Waals surface area contributed by atoms with E-state index in [9.17, 15) is 9.90 Å². The molecule has 2 bridgehead atoms. The molecule has 0 amide bonds. The number of aryl methyl sites for hydroxylation is 1. The summed E-state index contributed by atoms with van der Waals surface area (Å²) in [4.78, 5) is 20.2. The topological polar surface area (TPSA) is 82.2 Å². The molecule has 6 nitrogen and oxygen atoms in total. The van der Waals surface area contributed by atoms with Crippen LogP contribution < -0.4 is 0 Å². The van der Waals surface area contributed by atoms with E-state index in [-0.39, 0.29) is 17.9 Å². The summed E-state index contributed by atoms with van der Waals surface area (Å²) in [6.45, 7) is 4.26. The van der Waals surface area contributed by atoms with Crippen LogP contribution in [0.25, 0.3) is 17.1 Å². The molecule has 2 fully saturated rings. The summed E-state index contributed by atoms with van der Waals surface area (Å²) in [5.74, 6) is 0.0732. The van der Waals surface area contributed by atoms with E-state index in [1.165, 1.54) is 0 Å². The Balaban J connectivity index is 1.54. The van der Waals surface area contributed by atoms with E-state index in [0.29, 0.717) is 23.7 Å². The number of fused-ring (bicyclic) bond motifs is 2. The van der Waals surface area contributed by atoms with Crippen LogP contribution in [0.5, 0.6) is 0 Å². The lowest BCUT2D eigenvalue weighted by Crippen LogP contribution is -2.36. The molecule has 0 aliphatic carbocycles. The number of nitriles is 1. The largest absolute Gasteiger partial charge is 0.391 e. The van der Waals surface area contributed by atoms with Crippen LogP contribution in [0, 0.1) is 25.2 Å². The predicted molar refractivity (Wildman–Crippen MR) is 120 cm³/mol. The Morgan fingerprint density at radius 2 is 2.06 bits per heavy atom. The van der Waals surface area contributed by atoms with Crippen molar-refractivity contribution in [2.45, 2.75) is 51.3 Å². The van der Waals surface area contributed by atoms with Gasteiger partial charge < -0.3 is 9.67 Å². The van der Waals surface area contributed by atoms with E-state index < -0.39 is 0 Å². The van der Waals surface area contributed by atoms with E-state index in [4.69, 9.17) is 5.26 Å². The Kier molecular flexibility index (Phi) is 5.01. The number of carbonyl (C=O) groups is 1. The number of hydrogen-bond acceptors (Lipinski definition) is 6. The third kappa shape index (κ3) is 3.41. The molecule has 3 atom stereocenters. The van der Waals surface area contributed by atoms with Crippen molar-refractivity contribution in [2.75, 3.05) is 6.54 Å². The Morgan fingerprint density at radius 1 is 1.29 bits per heavy atom. The van der Waals surface area contributed by atoms with Gasteiger partial charge >= 0.3 is 0 Å². The van der Waals surface area contributed by atoms with E-state index in [1.54, 1.807) is 23.5 Å². The van der Waals surface area contributed by atoms with Crippen molar-refractivity contribution in [3.63, 3.8) is 0 Å². The van der Waals surface area contributed by atoms with Crippen molar-refractivity contribution in [2.24, 2.45) is 0 Å². The molecule has 0 radical (unpaired) electrons. The predicted octanol–water partition coefficient (Wildman–Crippen LogP) is 3.87. The number of thiazole rings is 1. The molecular formula is C24H24N4O2S. The monoisotopic (exact) mass is 432 g/mol. The molecule has 3 aromatic rings. The smallest absolute Gasteiger partial charge is 0.178 e. The molecule has 2 aromatic heterocycles. The summed E-state index contributed by atoms with van der Waals surface area (Å²) >= 11 is 1.58. The molecule has 2 saturated heterocycles. The first-order chi connectivity index (χ1) is 15.0. The van der Waals surface area contributed by atoms with Gasteiger partial charge in [0, 0.05) is 34.4 Å². The van der Waals surface area contributed by atoms with Gasteiger partial charge in [-0.15, -0.1) is 11.3 Å². The molecule has 0 spiro atoms. The van der Waals surface area contributed by atoms with Crippen LogP contribution in [0.2, 0.25) is 0 Å². The molecule has 1 aromatic carbocycles. The number of aliphatic hydroxyl groups excluding tert-OH is 1. The van der Waals surface area contributed by atoms with Gasteiger partial charge in [-0.3, -0.25) is 9.69 Å². The van der Waals surface area contributed by atoms with Crippen LogP contribution in [0.15, 0.2) is 35.7 Å². The van der Waals surface area contributed by atoms with Crippen molar-refractivity contribution in [1.29, 1.82) is 5.26 Å². The number of Topliss-reactive ketones (excluding diaryl/α,β-unsaturated/α-hetero) is 1. The minimum atomic E-state index is -0.315. The molecule has 158 valence electrons. The van der Waals surface area contributed by atoms with Crippen molar-refractivity contribution in [3.05, 3.63) is 57.5 Å². The van der Waals surface area contributed by atoms with Gasteiger partial charge in [-0.2, -0.15) is 5.26 Å². The fourth-order valence-corrected chi connectivity index (χ4v) is 5.75. The standard InChI is InChI=1S/C24H24N4O2S/c1-14-19(24(30)12-27-18-7-8-21(27)23(29)9-18)10-22(20-13-31-15(2)26-20)28(14)17-5-3-16(11-25)4-6-17/h3-6,10,13,18,21,23,29H,7-9,12H2,1-2H3/t18?,21?,23-/m0/s1. The molecular weight excluding hydrogens is 408 g/mol. The minimum Gasteiger partial charge on any atom is -0.391 e. The summed E-state index contributed by atoms with van der Waals surface area (Å²) < 4.78 is 2.05. The second kappa shape index (κ2) is 7.72. The Hall–Kier alpha value is -2.79. The van der Waals surface area contributed by atoms with E-state index in [2.05, 4.69) is 20.5 Å². The summed E-state index contributed by atoms with van der Waals surface area (Å²) in [7, 11) is 0. The van der Waals surface area contributed by atoms with Crippen molar-refractivity contribution < 1.29 is 9.90 Å². The average molecular weight is 433 g/mol. The number of ketones is 1. The minimum absolute atomic E-state index is 0.0732. The Bertz CT molecular complexity index is 1190. The summed E-state index contributed by atoms with van der Waals surface area (Å²) in [6, 6.07) is 11.9. The Morgan fingerprint density at radius 3 is 2.65 bits per heavy atom. The normalized spacial score (nSPS) is 22.7. The maximum absolute atomic E-state index is 13.4. The number of carbonyl (C=O) groups excluding carboxylic acids is 1. The van der Waals surface area contributed by atoms with Gasteiger partial charge in [0.1, 0.15) is 0 Å². The van der Waals surface area contributed by atoms with Gasteiger partial charge in [0.15, 0.2) is 5.78 Å². The Labute approximate surface area is 185 Å². The third-order valence-corrected chi connectivity index (χ3v) is 7.43. The van der Waals surface area contributed by atoms with Crippen LogP contribution in [0.1, 0.15) is 45.9 Å². The fourth-order valence-electron chi connectivity index (χ4n) is 5.14. The molecule has 2 unspecified atom stereocenters. The van der Waals surface area contributed by atoms with Gasteiger partial charge in [-0.05, 0) is 63.4 Å². The molecule has 5 rings (SSSR count). The molecule has 2 aliphatic rings. The lowest BCUT2D eigenvalue weighted by molar-refractivity contribution is 0.0873.